The standard InChI is InChI=1S/C26H25BrN2O6S/c1-34-26(31)24-17-29(22-9-5-6-10-23(22)35-24)25(30)18-28(16-15-19-7-3-2-4-8-19)36(32,33)21-13-11-20(27)12-14-21/h2-14,24H,15-18H2,1H3. The summed E-state index contributed by atoms with van der Waals surface area (Å²) in [7, 11) is -2.75. The minimum atomic E-state index is -3.99. The van der Waals surface area contributed by atoms with Crippen LogP contribution in [-0.2, 0) is 30.8 Å². The summed E-state index contributed by atoms with van der Waals surface area (Å²) in [5.74, 6) is -0.752. The van der Waals surface area contributed by atoms with Gasteiger partial charge in [-0.25, -0.2) is 13.2 Å². The van der Waals surface area contributed by atoms with Crippen LogP contribution in [0.4, 0.5) is 5.69 Å². The van der Waals surface area contributed by atoms with Crippen molar-refractivity contribution >= 4 is 43.5 Å². The molecular formula is C26H25BrN2O6S. The molecule has 1 aliphatic rings. The van der Waals surface area contributed by atoms with Crippen molar-refractivity contribution in [3.63, 3.8) is 0 Å². The van der Waals surface area contributed by atoms with Crippen molar-refractivity contribution in [1.29, 1.82) is 0 Å². The number of carbonyl (C=O) groups excluding carboxylic acids is 2. The SMILES string of the molecule is COC(=O)C1CN(C(=O)CN(CCc2ccccc2)S(=O)(=O)c2ccc(Br)cc2)c2ccccc2O1. The summed E-state index contributed by atoms with van der Waals surface area (Å²) in [6.07, 6.45) is -0.594. The third-order valence-corrected chi connectivity index (χ3v) is 8.18. The number of carbonyl (C=O) groups is 2. The van der Waals surface area contributed by atoms with Crippen molar-refractivity contribution in [2.45, 2.75) is 17.4 Å². The highest BCUT2D eigenvalue weighted by atomic mass is 79.9. The highest BCUT2D eigenvalue weighted by Crippen LogP contribution is 2.33. The lowest BCUT2D eigenvalue weighted by molar-refractivity contribution is -0.148. The number of methoxy groups -OCH3 is 1. The first-order valence-corrected chi connectivity index (χ1v) is 13.5. The lowest BCUT2D eigenvalue weighted by atomic mass is 10.1. The Morgan fingerprint density at radius 1 is 1.03 bits per heavy atom. The lowest BCUT2D eigenvalue weighted by Gasteiger charge is -2.34. The molecular weight excluding hydrogens is 548 g/mol. The lowest BCUT2D eigenvalue weighted by Crippen LogP contribution is -2.51. The molecule has 1 unspecified atom stereocenters. The molecule has 36 heavy (non-hydrogen) atoms. The molecule has 0 fully saturated rings. The zero-order valence-electron chi connectivity index (χ0n) is 19.5. The molecule has 0 saturated heterocycles. The number of anilines is 1. The molecule has 1 atom stereocenters. The van der Waals surface area contributed by atoms with Gasteiger partial charge >= 0.3 is 5.97 Å². The molecule has 188 valence electrons. The van der Waals surface area contributed by atoms with Gasteiger partial charge in [-0.05, 0) is 48.4 Å². The monoisotopic (exact) mass is 572 g/mol. The molecule has 1 amide bonds. The Labute approximate surface area is 218 Å². The molecule has 0 spiro atoms. The van der Waals surface area contributed by atoms with E-state index in [-0.39, 0.29) is 18.0 Å². The quantitative estimate of drug-likeness (QED) is 0.382. The van der Waals surface area contributed by atoms with Crippen LogP contribution in [0.2, 0.25) is 0 Å². The number of rotatable bonds is 8. The molecule has 0 aromatic heterocycles. The molecule has 0 saturated carbocycles. The molecule has 3 aromatic carbocycles. The maximum Gasteiger partial charge on any atom is 0.348 e. The van der Waals surface area contributed by atoms with E-state index in [4.69, 9.17) is 9.47 Å². The summed E-state index contributed by atoms with van der Waals surface area (Å²) < 4.78 is 39.6. The molecule has 0 aliphatic carbocycles. The minimum absolute atomic E-state index is 0.0846. The molecule has 3 aromatic rings. The highest BCUT2D eigenvalue weighted by Gasteiger charge is 2.36. The Morgan fingerprint density at radius 2 is 1.69 bits per heavy atom. The van der Waals surface area contributed by atoms with Gasteiger partial charge in [-0.3, -0.25) is 4.79 Å². The van der Waals surface area contributed by atoms with E-state index in [2.05, 4.69) is 15.9 Å². The molecule has 8 nitrogen and oxygen atoms in total. The fourth-order valence-electron chi connectivity index (χ4n) is 3.90. The van der Waals surface area contributed by atoms with Gasteiger partial charge < -0.3 is 14.4 Å². The zero-order chi connectivity index (χ0) is 25.7. The predicted octanol–water partition coefficient (Wildman–Crippen LogP) is 3.65. The molecule has 0 N–H and O–H groups in total. The van der Waals surface area contributed by atoms with Gasteiger partial charge in [0.25, 0.3) is 0 Å². The third-order valence-electron chi connectivity index (χ3n) is 5.79. The van der Waals surface area contributed by atoms with E-state index >= 15 is 0 Å². The molecule has 4 rings (SSSR count). The second kappa shape index (κ2) is 11.2. The average Bonchev–Trinajstić information content (AvgIpc) is 2.90. The Morgan fingerprint density at radius 3 is 2.39 bits per heavy atom. The van der Waals surface area contributed by atoms with Gasteiger partial charge in [0.1, 0.15) is 5.75 Å². The van der Waals surface area contributed by atoms with Gasteiger partial charge in [0, 0.05) is 11.0 Å². The Balaban J connectivity index is 1.63. The highest BCUT2D eigenvalue weighted by molar-refractivity contribution is 9.10. The third kappa shape index (κ3) is 5.77. The van der Waals surface area contributed by atoms with Crippen LogP contribution in [0.5, 0.6) is 5.75 Å². The first kappa shape index (κ1) is 25.9. The number of hydrogen-bond acceptors (Lipinski definition) is 6. The van der Waals surface area contributed by atoms with E-state index in [1.165, 1.54) is 28.4 Å². The van der Waals surface area contributed by atoms with Crippen LogP contribution in [0, 0.1) is 0 Å². The van der Waals surface area contributed by atoms with Crippen LogP contribution in [0.25, 0.3) is 0 Å². The summed E-state index contributed by atoms with van der Waals surface area (Å²) >= 11 is 3.32. The van der Waals surface area contributed by atoms with Crippen LogP contribution < -0.4 is 9.64 Å². The van der Waals surface area contributed by atoms with Crippen molar-refractivity contribution in [3.05, 3.63) is 88.9 Å². The smallest absolute Gasteiger partial charge is 0.348 e. The number of sulfonamides is 1. The van der Waals surface area contributed by atoms with Crippen molar-refractivity contribution in [1.82, 2.24) is 4.31 Å². The number of benzene rings is 3. The van der Waals surface area contributed by atoms with E-state index in [1.54, 1.807) is 36.4 Å². The molecule has 0 radical (unpaired) electrons. The van der Waals surface area contributed by atoms with Crippen LogP contribution in [0.1, 0.15) is 5.56 Å². The van der Waals surface area contributed by atoms with Crippen LogP contribution in [0.3, 0.4) is 0 Å². The molecule has 1 aliphatic heterocycles. The summed E-state index contributed by atoms with van der Waals surface area (Å²) in [6.45, 7) is -0.401. The Hall–Kier alpha value is -3.21. The van der Waals surface area contributed by atoms with Gasteiger partial charge in [-0.15, -0.1) is 0 Å². The number of hydrogen-bond donors (Lipinski definition) is 0. The van der Waals surface area contributed by atoms with Gasteiger partial charge in [-0.2, -0.15) is 4.31 Å². The number of halogens is 1. The molecule has 1 heterocycles. The van der Waals surface area contributed by atoms with E-state index in [9.17, 15) is 18.0 Å². The largest absolute Gasteiger partial charge is 0.475 e. The molecule has 0 bridgehead atoms. The Bertz CT molecular complexity index is 1330. The Kier molecular flexibility index (Phi) is 8.07. The normalized spacial score (nSPS) is 15.2. The molecule has 10 heteroatoms. The van der Waals surface area contributed by atoms with Crippen molar-refractivity contribution in [2.75, 3.05) is 31.6 Å². The van der Waals surface area contributed by atoms with Gasteiger partial charge in [0.05, 0.1) is 30.8 Å². The second-order valence-electron chi connectivity index (χ2n) is 8.13. The first-order valence-electron chi connectivity index (χ1n) is 11.2. The summed E-state index contributed by atoms with van der Waals surface area (Å²) in [6, 6.07) is 22.6. The van der Waals surface area contributed by atoms with Gasteiger partial charge in [0.15, 0.2) is 0 Å². The van der Waals surface area contributed by atoms with E-state index in [0.29, 0.717) is 17.9 Å². The predicted molar refractivity (Wildman–Crippen MR) is 138 cm³/mol. The van der Waals surface area contributed by atoms with Crippen LogP contribution in [0.15, 0.2) is 88.2 Å². The van der Waals surface area contributed by atoms with Crippen LogP contribution >= 0.6 is 15.9 Å². The summed E-state index contributed by atoms with van der Waals surface area (Å²) in [5, 5.41) is 0. The van der Waals surface area contributed by atoms with Gasteiger partial charge in [0.2, 0.25) is 22.0 Å². The van der Waals surface area contributed by atoms with Crippen molar-refractivity contribution < 1.29 is 27.5 Å². The van der Waals surface area contributed by atoms with E-state index in [1.807, 2.05) is 30.3 Å². The second-order valence-corrected chi connectivity index (χ2v) is 11.0. The number of esters is 1. The van der Waals surface area contributed by atoms with Crippen molar-refractivity contribution in [3.8, 4) is 5.75 Å². The minimum Gasteiger partial charge on any atom is -0.475 e. The number of nitrogens with zero attached hydrogens (tertiary/aromatic N) is 2. The first-order chi connectivity index (χ1) is 17.3. The summed E-state index contributed by atoms with van der Waals surface area (Å²) in [5.41, 5.74) is 1.41. The number of para-hydroxylation sites is 2. The van der Waals surface area contributed by atoms with E-state index < -0.39 is 34.5 Å². The topological polar surface area (TPSA) is 93.2 Å². The van der Waals surface area contributed by atoms with E-state index in [0.717, 1.165) is 10.0 Å². The fourth-order valence-corrected chi connectivity index (χ4v) is 5.55. The van der Waals surface area contributed by atoms with Crippen molar-refractivity contribution in [2.24, 2.45) is 0 Å². The van der Waals surface area contributed by atoms with Crippen LogP contribution in [-0.4, -0.2) is 57.4 Å². The number of fused-ring (bicyclic) bond motifs is 1. The maximum absolute atomic E-state index is 13.6. The number of ether oxygens (including phenoxy) is 2. The summed E-state index contributed by atoms with van der Waals surface area (Å²) in [4.78, 5) is 27.2. The maximum atomic E-state index is 13.6. The zero-order valence-corrected chi connectivity index (χ0v) is 21.9. The average molecular weight is 573 g/mol. The number of amides is 1. The fraction of sp³-hybridized carbons (Fsp3) is 0.231. The van der Waals surface area contributed by atoms with Gasteiger partial charge in [-0.1, -0.05) is 58.4 Å².